The molecule has 4 nitrogen and oxygen atoms in total. The number of nitrogens with zero attached hydrogens (tertiary/aromatic N) is 2. The SMILES string of the molecule is C=Cc1ccc(Oc2ccc(-n3c4ccccc4c4cc(-c5ccc(N(c6ccc(-c7ccc(C(C)(C)C)cc7)cc6)c6ccc7c(c6)C(c6ccc(Oc8ccc(C=C)cc8)cc6)(c6ccc(C(C)(C)C)cc6)c6ccccc6-7)cc5)ccc43)cc2)cc1. The molecule has 1 unspecified atom stereocenters. The Morgan fingerprint density at radius 2 is 0.775 bits per heavy atom. The predicted molar refractivity (Wildman–Crippen MR) is 374 cm³/mol. The molecule has 13 aromatic rings. The molecule has 1 aliphatic rings. The van der Waals surface area contributed by atoms with Crippen LogP contribution >= 0.6 is 0 Å². The summed E-state index contributed by atoms with van der Waals surface area (Å²) in [5, 5.41) is 2.39. The zero-order valence-corrected chi connectivity index (χ0v) is 51.3. The first-order valence-electron chi connectivity index (χ1n) is 30.8. The van der Waals surface area contributed by atoms with Crippen molar-refractivity contribution in [2.24, 2.45) is 0 Å². The Kier molecular flexibility index (Phi) is 14.2. The number of rotatable bonds is 14. The standard InChI is InChI=1S/C85H70N2O2/c1-9-57-19-45-71(46-20-57)88-73-49-36-66(37-50-73)85(65-34-32-64(33-35-65)84(6,7)8)79-17-13-11-15-75(79)76-53-44-70(56-80(76)85)86(67-38-25-60(26-39-67)59-23-30-63(31-24-59)83(3,4)5)68-40-27-61(28-41-68)62-29-54-82-78(55-62)77-16-12-14-18-81(77)87(82)69-42-51-74(52-43-69)89-72-47-21-58(10-2)22-48-72/h9-56H,1-2H2,3-8H3. The Labute approximate surface area is 523 Å². The number of aromatic nitrogens is 1. The molecule has 1 aromatic heterocycles. The molecule has 4 heteroatoms. The van der Waals surface area contributed by atoms with Crippen LogP contribution in [0.3, 0.4) is 0 Å². The molecule has 0 radical (unpaired) electrons. The molecule has 0 bridgehead atoms. The number of hydrogen-bond acceptors (Lipinski definition) is 3. The number of ether oxygens (including phenoxy) is 2. The topological polar surface area (TPSA) is 26.6 Å². The van der Waals surface area contributed by atoms with Gasteiger partial charge in [0.25, 0.3) is 0 Å². The van der Waals surface area contributed by atoms with E-state index >= 15 is 0 Å². The minimum Gasteiger partial charge on any atom is -0.457 e. The predicted octanol–water partition coefficient (Wildman–Crippen LogP) is 23.4. The number of anilines is 3. The highest BCUT2D eigenvalue weighted by molar-refractivity contribution is 6.10. The van der Waals surface area contributed by atoms with Gasteiger partial charge >= 0.3 is 0 Å². The monoisotopic (exact) mass is 1150 g/mol. The number of hydrogen-bond donors (Lipinski definition) is 0. The Bertz CT molecular complexity index is 4750. The maximum Gasteiger partial charge on any atom is 0.127 e. The van der Waals surface area contributed by atoms with Crippen LogP contribution in [0.25, 0.3) is 73.0 Å². The van der Waals surface area contributed by atoms with Crippen LogP contribution in [0.4, 0.5) is 17.1 Å². The molecule has 0 saturated carbocycles. The molecule has 0 amide bonds. The van der Waals surface area contributed by atoms with Gasteiger partial charge in [-0.2, -0.15) is 0 Å². The molecule has 14 rings (SSSR count). The van der Waals surface area contributed by atoms with Crippen LogP contribution in [0.5, 0.6) is 23.0 Å². The van der Waals surface area contributed by atoms with Gasteiger partial charge in [0.15, 0.2) is 0 Å². The second kappa shape index (κ2) is 22.6. The summed E-state index contributed by atoms with van der Waals surface area (Å²) in [6.07, 6.45) is 3.68. The Morgan fingerprint density at radius 1 is 0.360 bits per heavy atom. The summed E-state index contributed by atoms with van der Waals surface area (Å²) in [5.74, 6) is 3.11. The van der Waals surface area contributed by atoms with E-state index in [0.29, 0.717) is 0 Å². The van der Waals surface area contributed by atoms with Gasteiger partial charge in [-0.15, -0.1) is 0 Å². The fraction of sp³-hybridized carbons (Fsp3) is 0.106. The van der Waals surface area contributed by atoms with E-state index in [1.165, 1.54) is 60.8 Å². The van der Waals surface area contributed by atoms with Crippen molar-refractivity contribution in [3.63, 3.8) is 0 Å². The number of para-hydroxylation sites is 1. The van der Waals surface area contributed by atoms with E-state index in [9.17, 15) is 0 Å². The van der Waals surface area contributed by atoms with E-state index in [0.717, 1.165) is 84.6 Å². The minimum atomic E-state index is -0.681. The third-order valence-corrected chi connectivity index (χ3v) is 17.9. The summed E-state index contributed by atoms with van der Waals surface area (Å²) in [6.45, 7) is 21.5. The highest BCUT2D eigenvalue weighted by Gasteiger charge is 2.46. The van der Waals surface area contributed by atoms with E-state index in [2.05, 4.69) is 283 Å². The molecule has 0 aliphatic heterocycles. The van der Waals surface area contributed by atoms with E-state index < -0.39 is 5.41 Å². The van der Waals surface area contributed by atoms with Crippen LogP contribution in [0.1, 0.15) is 86.1 Å². The lowest BCUT2D eigenvalue weighted by molar-refractivity contribution is 0.482. The molecule has 89 heavy (non-hydrogen) atoms. The molecular formula is C85H70N2O2. The van der Waals surface area contributed by atoms with Crippen LogP contribution in [-0.2, 0) is 16.2 Å². The number of fused-ring (bicyclic) bond motifs is 6. The summed E-state index contributed by atoms with van der Waals surface area (Å²) >= 11 is 0. The van der Waals surface area contributed by atoms with Crippen molar-refractivity contribution in [3.8, 4) is 62.1 Å². The van der Waals surface area contributed by atoms with Crippen LogP contribution in [-0.4, -0.2) is 4.57 Å². The lowest BCUT2D eigenvalue weighted by Gasteiger charge is -2.35. The maximum atomic E-state index is 6.49. The minimum absolute atomic E-state index is 0.0213. The van der Waals surface area contributed by atoms with E-state index in [4.69, 9.17) is 9.47 Å². The van der Waals surface area contributed by atoms with Gasteiger partial charge in [0.1, 0.15) is 23.0 Å². The van der Waals surface area contributed by atoms with Crippen molar-refractivity contribution in [3.05, 3.63) is 337 Å². The van der Waals surface area contributed by atoms with Crippen LogP contribution in [0.15, 0.2) is 292 Å². The molecule has 0 spiro atoms. The first-order valence-corrected chi connectivity index (χ1v) is 30.8. The molecule has 1 aliphatic carbocycles. The second-order valence-corrected chi connectivity index (χ2v) is 25.5. The molecule has 1 atom stereocenters. The fourth-order valence-electron chi connectivity index (χ4n) is 13.1. The summed E-state index contributed by atoms with van der Waals surface area (Å²) in [7, 11) is 0. The molecule has 12 aromatic carbocycles. The summed E-state index contributed by atoms with van der Waals surface area (Å²) in [4.78, 5) is 2.42. The van der Waals surface area contributed by atoms with Gasteiger partial charge in [-0.1, -0.05) is 231 Å². The van der Waals surface area contributed by atoms with Crippen molar-refractivity contribution < 1.29 is 9.47 Å². The molecule has 0 saturated heterocycles. The van der Waals surface area contributed by atoms with Crippen LogP contribution in [0, 0.1) is 0 Å². The van der Waals surface area contributed by atoms with Gasteiger partial charge < -0.3 is 18.9 Å². The third-order valence-electron chi connectivity index (χ3n) is 17.9. The first kappa shape index (κ1) is 56.1. The van der Waals surface area contributed by atoms with Gasteiger partial charge in [0.05, 0.1) is 16.4 Å². The number of benzene rings is 12. The largest absolute Gasteiger partial charge is 0.457 e. The van der Waals surface area contributed by atoms with Gasteiger partial charge in [0, 0.05) is 33.5 Å². The lowest BCUT2D eigenvalue weighted by atomic mass is 9.67. The van der Waals surface area contributed by atoms with E-state index in [-0.39, 0.29) is 10.8 Å². The van der Waals surface area contributed by atoms with Crippen molar-refractivity contribution in [2.75, 3.05) is 4.90 Å². The first-order chi connectivity index (χ1) is 43.2. The average Bonchev–Trinajstić information content (AvgIpc) is 1.56. The Hall–Kier alpha value is -10.7. The third kappa shape index (κ3) is 10.4. The van der Waals surface area contributed by atoms with Gasteiger partial charge in [-0.3, -0.25) is 0 Å². The lowest BCUT2D eigenvalue weighted by Crippen LogP contribution is -2.29. The Balaban J connectivity index is 0.875. The zero-order chi connectivity index (χ0) is 61.0. The smallest absolute Gasteiger partial charge is 0.127 e. The van der Waals surface area contributed by atoms with Gasteiger partial charge in [0.2, 0.25) is 0 Å². The fourth-order valence-corrected chi connectivity index (χ4v) is 13.1. The quantitative estimate of drug-likeness (QED) is 0.109. The van der Waals surface area contributed by atoms with Crippen molar-refractivity contribution in [1.82, 2.24) is 4.57 Å². The van der Waals surface area contributed by atoms with Crippen molar-refractivity contribution in [1.29, 1.82) is 0 Å². The van der Waals surface area contributed by atoms with Crippen LogP contribution in [0.2, 0.25) is 0 Å². The Morgan fingerprint density at radius 3 is 1.31 bits per heavy atom. The van der Waals surface area contributed by atoms with Crippen molar-refractivity contribution >= 4 is 51.0 Å². The van der Waals surface area contributed by atoms with Crippen molar-refractivity contribution in [2.45, 2.75) is 57.8 Å². The average molecular weight is 1150 g/mol. The highest BCUT2D eigenvalue weighted by Crippen LogP contribution is 2.58. The summed E-state index contributed by atoms with van der Waals surface area (Å²) < 4.78 is 15.1. The summed E-state index contributed by atoms with van der Waals surface area (Å²) in [5.41, 5.74) is 22.5. The van der Waals surface area contributed by atoms with E-state index in [1.54, 1.807) is 0 Å². The molecule has 0 N–H and O–H groups in total. The van der Waals surface area contributed by atoms with Gasteiger partial charge in [-0.25, -0.2) is 0 Å². The van der Waals surface area contributed by atoms with Crippen LogP contribution < -0.4 is 14.4 Å². The molecule has 432 valence electrons. The highest BCUT2D eigenvalue weighted by atomic mass is 16.5. The normalized spacial score (nSPS) is 13.6. The maximum absolute atomic E-state index is 6.49. The molecular weight excluding hydrogens is 1080 g/mol. The molecule has 1 heterocycles. The molecule has 0 fully saturated rings. The van der Waals surface area contributed by atoms with E-state index in [1.807, 2.05) is 72.8 Å². The second-order valence-electron chi connectivity index (χ2n) is 25.5. The van der Waals surface area contributed by atoms with Gasteiger partial charge in [-0.05, 0) is 204 Å². The zero-order valence-electron chi connectivity index (χ0n) is 51.3. The summed E-state index contributed by atoms with van der Waals surface area (Å²) in [6, 6.07) is 101.